The van der Waals surface area contributed by atoms with Gasteiger partial charge in [0.05, 0.1) is 18.7 Å². The lowest BCUT2D eigenvalue weighted by Crippen LogP contribution is -2.40. The molecule has 0 radical (unpaired) electrons. The van der Waals surface area contributed by atoms with Gasteiger partial charge in [-0.2, -0.15) is 0 Å². The van der Waals surface area contributed by atoms with Gasteiger partial charge < -0.3 is 5.73 Å². The van der Waals surface area contributed by atoms with Crippen molar-refractivity contribution in [1.29, 1.82) is 0 Å². The van der Waals surface area contributed by atoms with E-state index in [0.29, 0.717) is 26.2 Å². The molecule has 0 bridgehead atoms. The van der Waals surface area contributed by atoms with E-state index in [9.17, 15) is 13.2 Å². The first-order valence-corrected chi connectivity index (χ1v) is 8.94. The van der Waals surface area contributed by atoms with E-state index in [-0.39, 0.29) is 6.54 Å². The lowest BCUT2D eigenvalue weighted by atomic mass is 10.1. The van der Waals surface area contributed by atoms with Crippen molar-refractivity contribution < 1.29 is 13.2 Å². The van der Waals surface area contributed by atoms with Gasteiger partial charge in [0, 0.05) is 37.8 Å². The predicted octanol–water partition coefficient (Wildman–Crippen LogP) is -0.678. The van der Waals surface area contributed by atoms with Crippen LogP contribution in [0.4, 0.5) is 0 Å². The van der Waals surface area contributed by atoms with Crippen LogP contribution in [0.5, 0.6) is 0 Å². The minimum absolute atomic E-state index is 0.155. The Hall–Kier alpha value is -1.03. The molecule has 1 atom stereocenters. The van der Waals surface area contributed by atoms with Gasteiger partial charge in [-0.1, -0.05) is 0 Å². The standard InChI is InChI=1S/C11H18N4O3S2/c1-20(17,18)15-4-3-14(6-9(7-15)11(12)16)8-10-13-2-5-19-10/h2,5,9H,3-4,6-8H2,1H3,(H2,12,16)/t9-/m0/s1. The molecule has 0 aromatic carbocycles. The smallest absolute Gasteiger partial charge is 0.223 e. The summed E-state index contributed by atoms with van der Waals surface area (Å²) in [5.74, 6) is -0.961. The highest BCUT2D eigenvalue weighted by Gasteiger charge is 2.30. The minimum atomic E-state index is -3.32. The molecule has 1 fully saturated rings. The lowest BCUT2D eigenvalue weighted by Gasteiger charge is -2.20. The number of carbonyl (C=O) groups excluding carboxylic acids is 1. The Morgan fingerprint density at radius 2 is 2.25 bits per heavy atom. The Morgan fingerprint density at radius 1 is 1.50 bits per heavy atom. The molecule has 112 valence electrons. The molecule has 1 aromatic heterocycles. The van der Waals surface area contributed by atoms with Crippen LogP contribution >= 0.6 is 11.3 Å². The Kier molecular flexibility index (Phi) is 4.74. The second kappa shape index (κ2) is 6.17. The molecule has 1 saturated heterocycles. The van der Waals surface area contributed by atoms with Gasteiger partial charge in [-0.3, -0.25) is 9.69 Å². The fraction of sp³-hybridized carbons (Fsp3) is 0.636. The molecule has 2 N–H and O–H groups in total. The number of rotatable bonds is 4. The van der Waals surface area contributed by atoms with Crippen molar-refractivity contribution in [2.24, 2.45) is 11.7 Å². The maximum Gasteiger partial charge on any atom is 0.223 e. The summed E-state index contributed by atoms with van der Waals surface area (Å²) < 4.78 is 24.7. The molecule has 0 spiro atoms. The van der Waals surface area contributed by atoms with Crippen LogP contribution in [0, 0.1) is 5.92 Å². The zero-order valence-corrected chi connectivity index (χ0v) is 12.9. The second-order valence-electron chi connectivity index (χ2n) is 4.88. The van der Waals surface area contributed by atoms with Crippen LogP contribution in [0.2, 0.25) is 0 Å². The Balaban J connectivity index is 2.11. The summed E-state index contributed by atoms with van der Waals surface area (Å²) >= 11 is 1.54. The number of thiazole rings is 1. The quantitative estimate of drug-likeness (QED) is 0.793. The number of hydrogen-bond donors (Lipinski definition) is 1. The first kappa shape index (κ1) is 15.4. The molecule has 1 aliphatic rings. The van der Waals surface area contributed by atoms with Gasteiger partial charge in [0.1, 0.15) is 5.01 Å². The summed E-state index contributed by atoms with van der Waals surface area (Å²) in [6, 6.07) is 0. The first-order chi connectivity index (χ1) is 9.36. The highest BCUT2D eigenvalue weighted by atomic mass is 32.2. The summed E-state index contributed by atoms with van der Waals surface area (Å²) in [4.78, 5) is 17.7. The van der Waals surface area contributed by atoms with Gasteiger partial charge in [-0.05, 0) is 0 Å². The van der Waals surface area contributed by atoms with Crippen LogP contribution in [-0.4, -0.2) is 60.9 Å². The molecule has 0 unspecified atom stereocenters. The largest absolute Gasteiger partial charge is 0.369 e. The summed E-state index contributed by atoms with van der Waals surface area (Å²) in [6.07, 6.45) is 2.88. The first-order valence-electron chi connectivity index (χ1n) is 6.21. The van der Waals surface area contributed by atoms with Crippen molar-refractivity contribution in [3.8, 4) is 0 Å². The number of primary amides is 1. The van der Waals surface area contributed by atoms with Crippen molar-refractivity contribution in [3.63, 3.8) is 0 Å². The van der Waals surface area contributed by atoms with Gasteiger partial charge >= 0.3 is 0 Å². The Morgan fingerprint density at radius 3 is 2.80 bits per heavy atom. The number of nitrogens with two attached hydrogens (primary N) is 1. The van der Waals surface area contributed by atoms with E-state index in [2.05, 4.69) is 4.98 Å². The van der Waals surface area contributed by atoms with E-state index in [4.69, 9.17) is 5.73 Å². The monoisotopic (exact) mass is 318 g/mol. The van der Waals surface area contributed by atoms with Gasteiger partial charge in [-0.25, -0.2) is 17.7 Å². The number of amides is 1. The average molecular weight is 318 g/mol. The highest BCUT2D eigenvalue weighted by molar-refractivity contribution is 7.88. The number of carbonyl (C=O) groups is 1. The van der Waals surface area contributed by atoms with E-state index >= 15 is 0 Å². The van der Waals surface area contributed by atoms with Crippen LogP contribution in [-0.2, 0) is 21.4 Å². The van der Waals surface area contributed by atoms with Crippen molar-refractivity contribution in [2.45, 2.75) is 6.54 Å². The fourth-order valence-corrected chi connectivity index (χ4v) is 3.72. The van der Waals surface area contributed by atoms with Crippen molar-refractivity contribution in [3.05, 3.63) is 16.6 Å². The number of sulfonamides is 1. The minimum Gasteiger partial charge on any atom is -0.369 e. The van der Waals surface area contributed by atoms with Crippen LogP contribution in [0.3, 0.4) is 0 Å². The van der Waals surface area contributed by atoms with E-state index in [1.165, 1.54) is 15.6 Å². The van der Waals surface area contributed by atoms with E-state index in [1.54, 1.807) is 6.20 Å². The topological polar surface area (TPSA) is 96.6 Å². The molecular formula is C11H18N4O3S2. The Labute approximate surface area is 122 Å². The second-order valence-corrected chi connectivity index (χ2v) is 7.84. The van der Waals surface area contributed by atoms with Crippen molar-refractivity contribution in [1.82, 2.24) is 14.2 Å². The zero-order valence-electron chi connectivity index (χ0n) is 11.2. The lowest BCUT2D eigenvalue weighted by molar-refractivity contribution is -0.122. The van der Waals surface area contributed by atoms with Gasteiger partial charge in [0.25, 0.3) is 0 Å². The number of hydrogen-bond acceptors (Lipinski definition) is 6. The Bertz CT molecular complexity index is 558. The van der Waals surface area contributed by atoms with Crippen LogP contribution in [0.15, 0.2) is 11.6 Å². The van der Waals surface area contributed by atoms with Gasteiger partial charge in [-0.15, -0.1) is 11.3 Å². The molecule has 2 heterocycles. The maximum atomic E-state index is 11.7. The van der Waals surface area contributed by atoms with Crippen LogP contribution in [0.25, 0.3) is 0 Å². The third kappa shape index (κ3) is 3.98. The fourth-order valence-electron chi connectivity index (χ4n) is 2.20. The third-order valence-electron chi connectivity index (χ3n) is 3.28. The third-order valence-corrected chi connectivity index (χ3v) is 5.32. The highest BCUT2D eigenvalue weighted by Crippen LogP contribution is 2.15. The maximum absolute atomic E-state index is 11.7. The van der Waals surface area contributed by atoms with Gasteiger partial charge in [0.15, 0.2) is 0 Å². The normalized spacial score (nSPS) is 22.6. The van der Waals surface area contributed by atoms with Crippen molar-refractivity contribution >= 4 is 27.3 Å². The molecule has 1 aromatic rings. The predicted molar refractivity (Wildman–Crippen MR) is 76.5 cm³/mol. The molecule has 7 nitrogen and oxygen atoms in total. The summed E-state index contributed by atoms with van der Waals surface area (Å²) in [5, 5.41) is 2.84. The number of nitrogens with zero attached hydrogens (tertiary/aromatic N) is 3. The molecular weight excluding hydrogens is 300 g/mol. The van der Waals surface area contributed by atoms with E-state index < -0.39 is 21.8 Å². The zero-order chi connectivity index (χ0) is 14.8. The summed E-state index contributed by atoms with van der Waals surface area (Å²) in [5.41, 5.74) is 5.38. The van der Waals surface area contributed by atoms with Crippen molar-refractivity contribution in [2.75, 3.05) is 32.4 Å². The molecule has 9 heteroatoms. The number of aromatic nitrogens is 1. The molecule has 1 amide bonds. The molecule has 0 saturated carbocycles. The summed E-state index contributed by atoms with van der Waals surface area (Å²) in [7, 11) is -3.32. The SMILES string of the molecule is CS(=O)(=O)N1CCN(Cc2nccs2)C[C@H](C(N)=O)C1. The molecule has 2 rings (SSSR count). The average Bonchev–Trinajstić information content (AvgIpc) is 2.72. The van der Waals surface area contributed by atoms with Crippen LogP contribution < -0.4 is 5.73 Å². The summed E-state index contributed by atoms with van der Waals surface area (Å²) in [6.45, 7) is 2.16. The van der Waals surface area contributed by atoms with Crippen LogP contribution in [0.1, 0.15) is 5.01 Å². The molecule has 20 heavy (non-hydrogen) atoms. The van der Waals surface area contributed by atoms with E-state index in [0.717, 1.165) is 11.3 Å². The molecule has 1 aliphatic heterocycles. The van der Waals surface area contributed by atoms with E-state index in [1.807, 2.05) is 10.3 Å². The molecule has 0 aliphatic carbocycles. The van der Waals surface area contributed by atoms with Gasteiger partial charge in [0.2, 0.25) is 15.9 Å².